The zero-order valence-corrected chi connectivity index (χ0v) is 14.1. The predicted octanol–water partition coefficient (Wildman–Crippen LogP) is 3.49. The maximum absolute atomic E-state index is 13.0. The molecule has 1 atom stereocenters. The molecule has 0 saturated heterocycles. The van der Waals surface area contributed by atoms with Crippen LogP contribution < -0.4 is 4.74 Å². The Hall–Kier alpha value is -2.89. The lowest BCUT2D eigenvalue weighted by Gasteiger charge is -2.19. The van der Waals surface area contributed by atoms with Crippen LogP contribution in [0.3, 0.4) is 0 Å². The smallest absolute Gasteiger partial charge is 0.303 e. The summed E-state index contributed by atoms with van der Waals surface area (Å²) in [5, 5.41) is 0. The number of imidazole rings is 1. The van der Waals surface area contributed by atoms with Gasteiger partial charge in [-0.15, -0.1) is 0 Å². The second-order valence-corrected chi connectivity index (χ2v) is 5.75. The number of nitrogens with zero attached hydrogens (tertiary/aromatic N) is 2. The number of benzene rings is 2. The molecule has 0 radical (unpaired) electrons. The Morgan fingerprint density at radius 1 is 1.20 bits per heavy atom. The fourth-order valence-corrected chi connectivity index (χ4v) is 2.71. The van der Waals surface area contributed by atoms with Gasteiger partial charge in [0, 0.05) is 6.92 Å². The number of ether oxygens (including phenoxy) is 2. The average Bonchev–Trinajstić information content (AvgIpc) is 2.89. The predicted molar refractivity (Wildman–Crippen MR) is 91.9 cm³/mol. The van der Waals surface area contributed by atoms with Gasteiger partial charge in [0.15, 0.2) is 6.10 Å². The van der Waals surface area contributed by atoms with E-state index < -0.39 is 6.10 Å². The fourth-order valence-electron chi connectivity index (χ4n) is 2.71. The summed E-state index contributed by atoms with van der Waals surface area (Å²) in [7, 11) is 0. The van der Waals surface area contributed by atoms with E-state index in [0.717, 1.165) is 16.9 Å². The number of carbonyl (C=O) groups is 1. The molecule has 0 aliphatic heterocycles. The van der Waals surface area contributed by atoms with E-state index in [4.69, 9.17) is 9.47 Å². The van der Waals surface area contributed by atoms with Gasteiger partial charge in [0.25, 0.3) is 0 Å². The third-order valence-corrected chi connectivity index (χ3v) is 3.81. The minimum Gasteiger partial charge on any atom is -0.490 e. The number of rotatable bonds is 6. The Labute approximate surface area is 145 Å². The molecule has 1 aromatic heterocycles. The molecule has 2 aromatic carbocycles. The van der Waals surface area contributed by atoms with Crippen LogP contribution in [0.4, 0.5) is 4.39 Å². The summed E-state index contributed by atoms with van der Waals surface area (Å²) < 4.78 is 26.0. The molecular formula is C19H19FN2O3. The Bertz CT molecular complexity index is 874. The Kier molecular flexibility index (Phi) is 4.97. The molecule has 0 fully saturated rings. The van der Waals surface area contributed by atoms with Crippen LogP contribution in [0.1, 0.15) is 12.7 Å². The molecule has 3 rings (SSSR count). The van der Waals surface area contributed by atoms with Crippen LogP contribution in [0, 0.1) is 12.7 Å². The molecule has 1 unspecified atom stereocenters. The summed E-state index contributed by atoms with van der Waals surface area (Å²) in [5.41, 5.74) is 1.86. The SMILES string of the molecule is CC(=O)OC(COc1ccc(F)cc1)Cn1c(C)nc2ccccc21. The number of aryl methyl sites for hydroxylation is 1. The maximum Gasteiger partial charge on any atom is 0.303 e. The molecule has 1 heterocycles. The van der Waals surface area contributed by atoms with Crippen molar-refractivity contribution in [1.29, 1.82) is 0 Å². The zero-order chi connectivity index (χ0) is 17.8. The van der Waals surface area contributed by atoms with E-state index in [1.54, 1.807) is 0 Å². The van der Waals surface area contributed by atoms with Gasteiger partial charge in [-0.3, -0.25) is 4.79 Å². The number of esters is 1. The summed E-state index contributed by atoms with van der Waals surface area (Å²) >= 11 is 0. The first-order valence-electron chi connectivity index (χ1n) is 8.00. The topological polar surface area (TPSA) is 53.4 Å². The van der Waals surface area contributed by atoms with Gasteiger partial charge >= 0.3 is 5.97 Å². The Morgan fingerprint density at radius 2 is 1.92 bits per heavy atom. The number of hydrogen-bond donors (Lipinski definition) is 0. The number of carbonyl (C=O) groups excluding carboxylic acids is 1. The largest absolute Gasteiger partial charge is 0.490 e. The first-order chi connectivity index (χ1) is 12.0. The number of fused-ring (bicyclic) bond motifs is 1. The summed E-state index contributed by atoms with van der Waals surface area (Å²) in [4.78, 5) is 15.9. The molecule has 3 aromatic rings. The van der Waals surface area contributed by atoms with Crippen molar-refractivity contribution in [3.05, 3.63) is 60.2 Å². The van der Waals surface area contributed by atoms with Crippen LogP contribution in [0.5, 0.6) is 5.75 Å². The van der Waals surface area contributed by atoms with E-state index in [9.17, 15) is 9.18 Å². The lowest BCUT2D eigenvalue weighted by Crippen LogP contribution is -2.29. The first kappa shape index (κ1) is 17.0. The molecule has 0 aliphatic carbocycles. The lowest BCUT2D eigenvalue weighted by molar-refractivity contribution is -0.148. The van der Waals surface area contributed by atoms with E-state index >= 15 is 0 Å². The monoisotopic (exact) mass is 342 g/mol. The van der Waals surface area contributed by atoms with Gasteiger partial charge in [0.2, 0.25) is 0 Å². The zero-order valence-electron chi connectivity index (χ0n) is 14.1. The molecule has 0 aliphatic rings. The van der Waals surface area contributed by atoms with Crippen molar-refractivity contribution in [1.82, 2.24) is 9.55 Å². The number of para-hydroxylation sites is 2. The highest BCUT2D eigenvalue weighted by Crippen LogP contribution is 2.18. The van der Waals surface area contributed by atoms with Crippen LogP contribution in [-0.2, 0) is 16.1 Å². The van der Waals surface area contributed by atoms with Gasteiger partial charge < -0.3 is 14.0 Å². The Morgan fingerprint density at radius 3 is 2.64 bits per heavy atom. The molecule has 25 heavy (non-hydrogen) atoms. The summed E-state index contributed by atoms with van der Waals surface area (Å²) in [5.74, 6) is 0.644. The number of aromatic nitrogens is 2. The molecule has 5 nitrogen and oxygen atoms in total. The van der Waals surface area contributed by atoms with Gasteiger partial charge in [-0.2, -0.15) is 0 Å². The summed E-state index contributed by atoms with van der Waals surface area (Å²) in [6.07, 6.45) is -0.487. The normalized spacial score (nSPS) is 12.1. The van der Waals surface area contributed by atoms with E-state index in [2.05, 4.69) is 4.98 Å². The molecular weight excluding hydrogens is 323 g/mol. The number of hydrogen-bond acceptors (Lipinski definition) is 4. The fraction of sp³-hybridized carbons (Fsp3) is 0.263. The average molecular weight is 342 g/mol. The lowest BCUT2D eigenvalue weighted by atomic mass is 10.3. The van der Waals surface area contributed by atoms with Crippen molar-refractivity contribution in [2.24, 2.45) is 0 Å². The highest BCUT2D eigenvalue weighted by molar-refractivity contribution is 5.75. The quantitative estimate of drug-likeness (QED) is 0.644. The van der Waals surface area contributed by atoms with Gasteiger partial charge in [0.1, 0.15) is 24.0 Å². The maximum atomic E-state index is 13.0. The van der Waals surface area contributed by atoms with Gasteiger partial charge in [-0.1, -0.05) is 12.1 Å². The van der Waals surface area contributed by atoms with Gasteiger partial charge in [0.05, 0.1) is 17.6 Å². The third-order valence-electron chi connectivity index (χ3n) is 3.81. The molecule has 130 valence electrons. The van der Waals surface area contributed by atoms with Crippen molar-refractivity contribution in [3.8, 4) is 5.75 Å². The van der Waals surface area contributed by atoms with Crippen molar-refractivity contribution in [2.45, 2.75) is 26.5 Å². The van der Waals surface area contributed by atoms with E-state index in [1.807, 2.05) is 35.8 Å². The van der Waals surface area contributed by atoms with Crippen molar-refractivity contribution in [3.63, 3.8) is 0 Å². The second-order valence-electron chi connectivity index (χ2n) is 5.75. The highest BCUT2D eigenvalue weighted by atomic mass is 19.1. The van der Waals surface area contributed by atoms with Crippen molar-refractivity contribution >= 4 is 17.0 Å². The van der Waals surface area contributed by atoms with Crippen LogP contribution >= 0.6 is 0 Å². The standard InChI is InChI=1S/C19H19FN2O3/c1-13-21-18-5-3-4-6-19(18)22(13)11-17(25-14(2)23)12-24-16-9-7-15(20)8-10-16/h3-10,17H,11-12H2,1-2H3. The molecule has 0 amide bonds. The first-order valence-corrected chi connectivity index (χ1v) is 8.00. The minimum absolute atomic E-state index is 0.164. The Balaban J connectivity index is 1.77. The van der Waals surface area contributed by atoms with E-state index in [0.29, 0.717) is 12.3 Å². The highest BCUT2D eigenvalue weighted by Gasteiger charge is 2.17. The van der Waals surface area contributed by atoms with Gasteiger partial charge in [-0.25, -0.2) is 9.37 Å². The van der Waals surface area contributed by atoms with Gasteiger partial charge in [-0.05, 0) is 43.3 Å². The van der Waals surface area contributed by atoms with E-state index in [1.165, 1.54) is 31.2 Å². The van der Waals surface area contributed by atoms with Crippen molar-refractivity contribution < 1.29 is 18.7 Å². The van der Waals surface area contributed by atoms with Crippen LogP contribution in [0.15, 0.2) is 48.5 Å². The molecule has 6 heteroatoms. The van der Waals surface area contributed by atoms with Crippen LogP contribution in [-0.4, -0.2) is 28.2 Å². The third kappa shape index (κ3) is 4.15. The molecule has 0 N–H and O–H groups in total. The summed E-state index contributed by atoms with van der Waals surface area (Å²) in [6, 6.07) is 13.5. The summed E-state index contributed by atoms with van der Waals surface area (Å²) in [6.45, 7) is 3.86. The van der Waals surface area contributed by atoms with Crippen LogP contribution in [0.25, 0.3) is 11.0 Å². The molecule has 0 bridgehead atoms. The second kappa shape index (κ2) is 7.34. The van der Waals surface area contributed by atoms with Crippen LogP contribution in [0.2, 0.25) is 0 Å². The molecule has 0 spiro atoms. The van der Waals surface area contributed by atoms with E-state index in [-0.39, 0.29) is 18.4 Å². The number of halogens is 1. The minimum atomic E-state index is -0.487. The molecule has 0 saturated carbocycles. The van der Waals surface area contributed by atoms with Crippen molar-refractivity contribution in [2.75, 3.05) is 6.61 Å².